The molecule has 14 heavy (non-hydrogen) atoms. The van der Waals surface area contributed by atoms with E-state index in [4.69, 9.17) is 4.74 Å². The van der Waals surface area contributed by atoms with Crippen LogP contribution < -0.4 is 5.48 Å². The maximum atomic E-state index is 11.6. The summed E-state index contributed by atoms with van der Waals surface area (Å²) >= 11 is 0. The summed E-state index contributed by atoms with van der Waals surface area (Å²) in [6.07, 6.45) is 2.43. The number of hydroxylamine groups is 1. The summed E-state index contributed by atoms with van der Waals surface area (Å²) in [6.45, 7) is 1.96. The number of amides is 2. The van der Waals surface area contributed by atoms with Crippen LogP contribution in [0.5, 0.6) is 0 Å². The molecule has 5 nitrogen and oxygen atoms in total. The van der Waals surface area contributed by atoms with Crippen molar-refractivity contribution in [1.29, 1.82) is 0 Å². The quantitative estimate of drug-likeness (QED) is 0.655. The molecule has 5 heteroatoms. The van der Waals surface area contributed by atoms with Crippen molar-refractivity contribution in [2.24, 2.45) is 5.92 Å². The van der Waals surface area contributed by atoms with Gasteiger partial charge in [-0.25, -0.2) is 10.3 Å². The molecule has 2 fully saturated rings. The highest BCUT2D eigenvalue weighted by Crippen LogP contribution is 2.36. The number of ether oxygens (including phenoxy) is 1. The monoisotopic (exact) mass is 200 g/mol. The minimum atomic E-state index is -0.146. The van der Waals surface area contributed by atoms with Crippen molar-refractivity contribution in [2.75, 3.05) is 26.9 Å². The zero-order chi connectivity index (χ0) is 9.97. The standard InChI is InChI=1S/C9H16N2O3/c1-13-10-9(12)11-4-5-14-6-8(11)7-2-3-7/h7-8H,2-6H2,1H3,(H,10,12)/t8-/m0/s1. The first-order valence-corrected chi connectivity index (χ1v) is 5.00. The van der Waals surface area contributed by atoms with Crippen LogP contribution in [0.25, 0.3) is 0 Å². The summed E-state index contributed by atoms with van der Waals surface area (Å²) in [4.78, 5) is 18.0. The summed E-state index contributed by atoms with van der Waals surface area (Å²) in [5.41, 5.74) is 2.36. The minimum absolute atomic E-state index is 0.146. The second-order valence-electron chi connectivity index (χ2n) is 3.78. The lowest BCUT2D eigenvalue weighted by molar-refractivity contribution is -0.00799. The molecule has 2 amide bonds. The number of carbonyl (C=O) groups excluding carboxylic acids is 1. The van der Waals surface area contributed by atoms with Crippen LogP contribution in [0.2, 0.25) is 0 Å². The minimum Gasteiger partial charge on any atom is -0.377 e. The van der Waals surface area contributed by atoms with Crippen LogP contribution in [0.1, 0.15) is 12.8 Å². The van der Waals surface area contributed by atoms with E-state index in [1.165, 1.54) is 20.0 Å². The number of morpholine rings is 1. The van der Waals surface area contributed by atoms with Crippen LogP contribution in [0.4, 0.5) is 4.79 Å². The first kappa shape index (κ1) is 9.73. The lowest BCUT2D eigenvalue weighted by Gasteiger charge is -2.35. The molecule has 1 saturated heterocycles. The Balaban J connectivity index is 1.94. The van der Waals surface area contributed by atoms with E-state index in [1.807, 2.05) is 4.90 Å². The number of carbonyl (C=O) groups is 1. The number of hydrogen-bond acceptors (Lipinski definition) is 3. The molecular weight excluding hydrogens is 184 g/mol. The zero-order valence-electron chi connectivity index (χ0n) is 8.36. The fourth-order valence-electron chi connectivity index (χ4n) is 1.89. The Labute approximate surface area is 83.3 Å². The van der Waals surface area contributed by atoms with Crippen LogP contribution in [0.15, 0.2) is 0 Å². The molecule has 0 radical (unpaired) electrons. The molecule has 0 aromatic carbocycles. The maximum Gasteiger partial charge on any atom is 0.341 e. The Morgan fingerprint density at radius 1 is 1.57 bits per heavy atom. The van der Waals surface area contributed by atoms with E-state index in [9.17, 15) is 4.79 Å². The van der Waals surface area contributed by atoms with Gasteiger partial charge in [0.25, 0.3) is 0 Å². The average Bonchev–Trinajstić information content (AvgIpc) is 3.01. The molecule has 0 spiro atoms. The SMILES string of the molecule is CONC(=O)N1CCOC[C@H]1C1CC1. The summed E-state index contributed by atoms with van der Waals surface area (Å²) in [6, 6.07) is 0.103. The van der Waals surface area contributed by atoms with E-state index in [-0.39, 0.29) is 12.1 Å². The number of hydrogen-bond donors (Lipinski definition) is 1. The summed E-state index contributed by atoms with van der Waals surface area (Å²) in [5.74, 6) is 0.637. The molecule has 1 N–H and O–H groups in total. The third kappa shape index (κ3) is 1.99. The van der Waals surface area contributed by atoms with E-state index in [0.29, 0.717) is 25.7 Å². The molecule has 1 saturated carbocycles. The van der Waals surface area contributed by atoms with Gasteiger partial charge in [-0.05, 0) is 18.8 Å². The van der Waals surface area contributed by atoms with E-state index in [0.717, 1.165) is 0 Å². The van der Waals surface area contributed by atoms with Crippen LogP contribution in [0.3, 0.4) is 0 Å². The third-order valence-corrected chi connectivity index (χ3v) is 2.78. The number of urea groups is 1. The Morgan fingerprint density at radius 3 is 3.00 bits per heavy atom. The van der Waals surface area contributed by atoms with E-state index >= 15 is 0 Å². The molecule has 2 aliphatic rings. The Kier molecular flexibility index (Phi) is 2.88. The van der Waals surface area contributed by atoms with E-state index < -0.39 is 0 Å². The van der Waals surface area contributed by atoms with E-state index in [1.54, 1.807) is 0 Å². The van der Waals surface area contributed by atoms with Crippen LogP contribution in [0, 0.1) is 5.92 Å². The second kappa shape index (κ2) is 4.14. The van der Waals surface area contributed by atoms with Gasteiger partial charge in [-0.3, -0.25) is 4.84 Å². The van der Waals surface area contributed by atoms with Crippen LogP contribution >= 0.6 is 0 Å². The van der Waals surface area contributed by atoms with Crippen molar-refractivity contribution < 1.29 is 14.4 Å². The van der Waals surface area contributed by atoms with Gasteiger partial charge in [-0.2, -0.15) is 0 Å². The summed E-state index contributed by atoms with van der Waals surface area (Å²) < 4.78 is 5.38. The van der Waals surface area contributed by atoms with Crippen molar-refractivity contribution >= 4 is 6.03 Å². The molecule has 1 aliphatic carbocycles. The molecule has 1 aliphatic heterocycles. The fourth-order valence-corrected chi connectivity index (χ4v) is 1.89. The van der Waals surface area contributed by atoms with Gasteiger partial charge in [0.1, 0.15) is 0 Å². The molecule has 0 unspecified atom stereocenters. The smallest absolute Gasteiger partial charge is 0.341 e. The Bertz CT molecular complexity index is 218. The molecule has 2 rings (SSSR count). The molecule has 80 valence electrons. The van der Waals surface area contributed by atoms with Crippen LogP contribution in [-0.4, -0.2) is 43.8 Å². The first-order valence-electron chi connectivity index (χ1n) is 5.00. The molecule has 0 aromatic heterocycles. The molecular formula is C9H16N2O3. The average molecular weight is 200 g/mol. The lowest BCUT2D eigenvalue weighted by atomic mass is 10.1. The second-order valence-corrected chi connectivity index (χ2v) is 3.78. The Hall–Kier alpha value is -0.810. The molecule has 0 bridgehead atoms. The van der Waals surface area contributed by atoms with Crippen molar-refractivity contribution in [3.05, 3.63) is 0 Å². The maximum absolute atomic E-state index is 11.6. The molecule has 1 atom stereocenters. The van der Waals surface area contributed by atoms with Crippen molar-refractivity contribution in [1.82, 2.24) is 10.4 Å². The summed E-state index contributed by atoms with van der Waals surface area (Å²) in [5, 5.41) is 0. The number of rotatable bonds is 2. The van der Waals surface area contributed by atoms with Gasteiger partial charge in [0.05, 0.1) is 26.4 Å². The fraction of sp³-hybridized carbons (Fsp3) is 0.889. The highest BCUT2D eigenvalue weighted by Gasteiger charge is 2.39. The zero-order valence-corrected chi connectivity index (χ0v) is 8.36. The van der Waals surface area contributed by atoms with Crippen molar-refractivity contribution in [2.45, 2.75) is 18.9 Å². The largest absolute Gasteiger partial charge is 0.377 e. The number of nitrogens with zero attached hydrogens (tertiary/aromatic N) is 1. The predicted molar refractivity (Wildman–Crippen MR) is 49.6 cm³/mol. The van der Waals surface area contributed by atoms with Crippen molar-refractivity contribution in [3.8, 4) is 0 Å². The Morgan fingerprint density at radius 2 is 2.36 bits per heavy atom. The lowest BCUT2D eigenvalue weighted by Crippen LogP contribution is -2.53. The van der Waals surface area contributed by atoms with Gasteiger partial charge in [0.15, 0.2) is 0 Å². The highest BCUT2D eigenvalue weighted by atomic mass is 16.6. The highest BCUT2D eigenvalue weighted by molar-refractivity contribution is 5.73. The molecule has 1 heterocycles. The molecule has 0 aromatic rings. The van der Waals surface area contributed by atoms with E-state index in [2.05, 4.69) is 10.3 Å². The van der Waals surface area contributed by atoms with Gasteiger partial charge < -0.3 is 9.64 Å². The van der Waals surface area contributed by atoms with Crippen molar-refractivity contribution in [3.63, 3.8) is 0 Å². The van der Waals surface area contributed by atoms with Gasteiger partial charge in [-0.15, -0.1) is 0 Å². The third-order valence-electron chi connectivity index (χ3n) is 2.78. The summed E-state index contributed by atoms with van der Waals surface area (Å²) in [7, 11) is 1.45. The topological polar surface area (TPSA) is 50.8 Å². The van der Waals surface area contributed by atoms with Gasteiger partial charge in [0, 0.05) is 6.54 Å². The van der Waals surface area contributed by atoms with Gasteiger partial charge in [0.2, 0.25) is 0 Å². The first-order chi connectivity index (χ1) is 6.83. The normalized spacial score (nSPS) is 27.5. The number of nitrogens with one attached hydrogen (secondary N) is 1. The predicted octanol–water partition coefficient (Wildman–Crippen LogP) is 0.368. The van der Waals surface area contributed by atoms with Gasteiger partial charge in [-0.1, -0.05) is 0 Å². The van der Waals surface area contributed by atoms with Crippen LogP contribution in [-0.2, 0) is 9.57 Å². The van der Waals surface area contributed by atoms with Gasteiger partial charge >= 0.3 is 6.03 Å².